The molecule has 0 aromatic heterocycles. The second-order valence-corrected chi connectivity index (χ2v) is 8.50. The summed E-state index contributed by atoms with van der Waals surface area (Å²) < 4.78 is 17.0. The molecule has 5 nitrogen and oxygen atoms in total. The smallest absolute Gasteiger partial charge is 0.333 e. The van der Waals surface area contributed by atoms with E-state index in [2.05, 4.69) is 6.58 Å². The van der Waals surface area contributed by atoms with Gasteiger partial charge >= 0.3 is 13.6 Å². The molecule has 6 heteroatoms. The van der Waals surface area contributed by atoms with Crippen LogP contribution in [0.5, 0.6) is 0 Å². The van der Waals surface area contributed by atoms with Gasteiger partial charge in [-0.1, -0.05) is 6.58 Å². The molecule has 2 bridgehead atoms. The molecular weight excluding hydrogens is 279 g/mol. The zero-order valence-corrected chi connectivity index (χ0v) is 12.5. The molecule has 6 atom stereocenters. The summed E-state index contributed by atoms with van der Waals surface area (Å²) in [6.07, 6.45) is 3.07. The zero-order chi connectivity index (χ0) is 14.7. The average molecular weight is 300 g/mol. The minimum atomic E-state index is -3.99. The van der Waals surface area contributed by atoms with Crippen LogP contribution in [0, 0.1) is 23.7 Å². The van der Waals surface area contributed by atoms with Crippen molar-refractivity contribution in [2.45, 2.75) is 44.4 Å². The normalized spacial score (nSPS) is 42.5. The fourth-order valence-corrected chi connectivity index (χ4v) is 6.11. The highest BCUT2D eigenvalue weighted by atomic mass is 31.2. The van der Waals surface area contributed by atoms with Gasteiger partial charge in [0, 0.05) is 5.57 Å². The Kier molecular flexibility index (Phi) is 3.35. The fourth-order valence-electron chi connectivity index (χ4n) is 4.72. The summed E-state index contributed by atoms with van der Waals surface area (Å²) in [5.41, 5.74) is -0.0672. The van der Waals surface area contributed by atoms with Crippen LogP contribution in [-0.2, 0) is 14.1 Å². The van der Waals surface area contributed by atoms with Gasteiger partial charge in [-0.25, -0.2) is 4.79 Å². The lowest BCUT2D eigenvalue weighted by Gasteiger charge is -2.31. The Labute approximate surface area is 118 Å². The molecule has 3 aliphatic rings. The van der Waals surface area contributed by atoms with Crippen molar-refractivity contribution in [1.29, 1.82) is 0 Å². The van der Waals surface area contributed by atoms with Crippen LogP contribution in [0.25, 0.3) is 0 Å². The highest BCUT2D eigenvalue weighted by molar-refractivity contribution is 7.52. The number of fused-ring (bicyclic) bond motifs is 5. The average Bonchev–Trinajstić information content (AvgIpc) is 2.95. The molecule has 0 radical (unpaired) electrons. The second kappa shape index (κ2) is 4.69. The minimum Gasteiger partial charge on any atom is -0.459 e. The standard InChI is InChI=1S/C14H21O5P/c1-7(2)14(15)19-9-5-10-8-3-12(11(10)6-9)13(4-8)20(16,17)18/h8-13H,1,3-6H2,2H3,(H2,16,17,18). The van der Waals surface area contributed by atoms with Crippen LogP contribution >= 0.6 is 7.60 Å². The second-order valence-electron chi connectivity index (χ2n) is 6.66. The number of esters is 1. The largest absolute Gasteiger partial charge is 0.459 e. The van der Waals surface area contributed by atoms with E-state index in [0.717, 1.165) is 19.3 Å². The molecule has 3 saturated carbocycles. The van der Waals surface area contributed by atoms with Crippen molar-refractivity contribution in [2.24, 2.45) is 23.7 Å². The maximum Gasteiger partial charge on any atom is 0.333 e. The molecule has 0 aromatic carbocycles. The third-order valence-corrected chi connectivity index (χ3v) is 6.90. The van der Waals surface area contributed by atoms with Gasteiger partial charge in [-0.05, 0) is 56.3 Å². The van der Waals surface area contributed by atoms with E-state index in [9.17, 15) is 19.1 Å². The summed E-state index contributed by atoms with van der Waals surface area (Å²) in [4.78, 5) is 30.5. The van der Waals surface area contributed by atoms with Crippen LogP contribution in [0.3, 0.4) is 0 Å². The molecule has 3 aliphatic carbocycles. The first-order valence-electron chi connectivity index (χ1n) is 7.19. The van der Waals surface area contributed by atoms with E-state index in [1.165, 1.54) is 0 Å². The third kappa shape index (κ3) is 2.26. The van der Waals surface area contributed by atoms with Crippen molar-refractivity contribution in [3.05, 3.63) is 12.2 Å². The molecule has 3 fully saturated rings. The van der Waals surface area contributed by atoms with Crippen molar-refractivity contribution in [1.82, 2.24) is 0 Å². The fraction of sp³-hybridized carbons (Fsp3) is 0.786. The Balaban J connectivity index is 1.68. The van der Waals surface area contributed by atoms with Crippen molar-refractivity contribution >= 4 is 13.6 Å². The molecule has 20 heavy (non-hydrogen) atoms. The van der Waals surface area contributed by atoms with Crippen molar-refractivity contribution in [3.63, 3.8) is 0 Å². The molecule has 0 spiro atoms. The van der Waals surface area contributed by atoms with E-state index in [4.69, 9.17) is 4.74 Å². The summed E-state index contributed by atoms with van der Waals surface area (Å²) in [7, 11) is -3.99. The van der Waals surface area contributed by atoms with Gasteiger partial charge < -0.3 is 14.5 Å². The summed E-state index contributed by atoms with van der Waals surface area (Å²) in [6, 6.07) is 0. The Morgan fingerprint density at radius 1 is 1.15 bits per heavy atom. The zero-order valence-electron chi connectivity index (χ0n) is 11.6. The van der Waals surface area contributed by atoms with Gasteiger partial charge in [0.25, 0.3) is 0 Å². The Hall–Kier alpha value is -0.640. The van der Waals surface area contributed by atoms with Gasteiger partial charge in [-0.15, -0.1) is 0 Å². The Bertz CT molecular complexity index is 496. The van der Waals surface area contributed by atoms with E-state index in [-0.39, 0.29) is 18.0 Å². The molecule has 112 valence electrons. The minimum absolute atomic E-state index is 0.102. The lowest BCUT2D eigenvalue weighted by molar-refractivity contribution is -0.144. The maximum absolute atomic E-state index is 11.6. The van der Waals surface area contributed by atoms with Gasteiger partial charge in [0.15, 0.2) is 0 Å². The summed E-state index contributed by atoms with van der Waals surface area (Å²) in [6.45, 7) is 5.21. The SMILES string of the molecule is C=C(C)C(=O)OC1CC2C3CC(C2C1)C(P(=O)(O)O)C3. The van der Waals surface area contributed by atoms with Gasteiger partial charge in [-0.3, -0.25) is 4.57 Å². The van der Waals surface area contributed by atoms with Crippen LogP contribution in [0.4, 0.5) is 0 Å². The molecule has 0 heterocycles. The molecule has 0 amide bonds. The lowest BCUT2D eigenvalue weighted by Crippen LogP contribution is -2.28. The molecule has 0 aromatic rings. The van der Waals surface area contributed by atoms with E-state index in [1.54, 1.807) is 6.92 Å². The topological polar surface area (TPSA) is 83.8 Å². The van der Waals surface area contributed by atoms with Crippen LogP contribution in [0.15, 0.2) is 12.2 Å². The Morgan fingerprint density at radius 2 is 1.80 bits per heavy atom. The van der Waals surface area contributed by atoms with Crippen molar-refractivity contribution < 1.29 is 23.9 Å². The quantitative estimate of drug-likeness (QED) is 0.473. The van der Waals surface area contributed by atoms with E-state index >= 15 is 0 Å². The van der Waals surface area contributed by atoms with E-state index < -0.39 is 13.3 Å². The van der Waals surface area contributed by atoms with Crippen molar-refractivity contribution in [3.8, 4) is 0 Å². The first-order valence-corrected chi connectivity index (χ1v) is 8.87. The number of carbonyl (C=O) groups is 1. The summed E-state index contributed by atoms with van der Waals surface area (Å²) in [5.74, 6) is 0.949. The Morgan fingerprint density at radius 3 is 2.40 bits per heavy atom. The van der Waals surface area contributed by atoms with Gasteiger partial charge in [-0.2, -0.15) is 0 Å². The third-order valence-electron chi connectivity index (χ3n) is 5.44. The number of hydrogen-bond acceptors (Lipinski definition) is 3. The monoisotopic (exact) mass is 300 g/mol. The molecular formula is C14H21O5P. The summed E-state index contributed by atoms with van der Waals surface area (Å²) >= 11 is 0. The lowest BCUT2D eigenvalue weighted by atomic mass is 9.81. The first kappa shape index (κ1) is 14.3. The number of rotatable bonds is 3. The van der Waals surface area contributed by atoms with Gasteiger partial charge in [0.2, 0.25) is 0 Å². The van der Waals surface area contributed by atoms with Crippen LogP contribution in [0.1, 0.15) is 32.6 Å². The molecule has 2 N–H and O–H groups in total. The molecule has 6 unspecified atom stereocenters. The van der Waals surface area contributed by atoms with Gasteiger partial charge in [0.05, 0.1) is 5.66 Å². The summed E-state index contributed by atoms with van der Waals surface area (Å²) in [5, 5.41) is 0. The van der Waals surface area contributed by atoms with Gasteiger partial charge in [0.1, 0.15) is 6.10 Å². The first-order chi connectivity index (χ1) is 9.27. The highest BCUT2D eigenvalue weighted by Gasteiger charge is 2.60. The predicted octanol–water partition coefficient (Wildman–Crippen LogP) is 2.09. The maximum atomic E-state index is 11.6. The molecule has 3 rings (SSSR count). The van der Waals surface area contributed by atoms with Crippen LogP contribution in [0.2, 0.25) is 0 Å². The van der Waals surface area contributed by atoms with E-state index in [0.29, 0.717) is 29.7 Å². The van der Waals surface area contributed by atoms with E-state index in [1.807, 2.05) is 0 Å². The highest BCUT2D eigenvalue weighted by Crippen LogP contribution is 2.66. The number of hydrogen-bond donors (Lipinski definition) is 2. The predicted molar refractivity (Wildman–Crippen MR) is 73.0 cm³/mol. The van der Waals surface area contributed by atoms with Crippen LogP contribution < -0.4 is 0 Å². The van der Waals surface area contributed by atoms with Crippen LogP contribution in [-0.4, -0.2) is 27.5 Å². The molecule has 0 aliphatic heterocycles. The van der Waals surface area contributed by atoms with Crippen molar-refractivity contribution in [2.75, 3.05) is 0 Å². The number of carbonyl (C=O) groups excluding carboxylic acids is 1. The number of ether oxygens (including phenoxy) is 1. The molecule has 0 saturated heterocycles.